The van der Waals surface area contributed by atoms with Gasteiger partial charge in [-0.1, -0.05) is 54.6 Å². The fraction of sp³-hybridized carbons (Fsp3) is 0.296. The SMILES string of the molecule is CO/N=C(\COc1ccc(COc2ccc(C(C#N)CC(=O)O)cc2)cc1)C1=CC=CC(F)C1C. The summed E-state index contributed by atoms with van der Waals surface area (Å²) in [6.07, 6.45) is 3.68. The summed E-state index contributed by atoms with van der Waals surface area (Å²) >= 11 is 0. The number of alkyl halides is 1. The first kappa shape index (κ1) is 25.5. The molecule has 0 amide bonds. The predicted molar refractivity (Wildman–Crippen MR) is 129 cm³/mol. The van der Waals surface area contributed by atoms with Crippen LogP contribution in [0.3, 0.4) is 0 Å². The molecule has 3 atom stereocenters. The second-order valence-electron chi connectivity index (χ2n) is 8.03. The molecule has 0 aromatic heterocycles. The Morgan fingerprint density at radius 2 is 1.80 bits per heavy atom. The first-order valence-corrected chi connectivity index (χ1v) is 11.1. The normalized spacial score (nSPS) is 18.2. The van der Waals surface area contributed by atoms with Crippen molar-refractivity contribution in [1.82, 2.24) is 0 Å². The molecule has 8 heteroatoms. The summed E-state index contributed by atoms with van der Waals surface area (Å²) in [6.45, 7) is 2.26. The van der Waals surface area contributed by atoms with Gasteiger partial charge >= 0.3 is 5.97 Å². The van der Waals surface area contributed by atoms with Gasteiger partial charge in [-0.25, -0.2) is 4.39 Å². The van der Waals surface area contributed by atoms with Crippen LogP contribution in [0.5, 0.6) is 11.5 Å². The number of hydrogen-bond acceptors (Lipinski definition) is 6. The van der Waals surface area contributed by atoms with Crippen molar-refractivity contribution in [2.75, 3.05) is 13.7 Å². The van der Waals surface area contributed by atoms with Gasteiger partial charge in [0, 0.05) is 5.92 Å². The number of allylic oxidation sites excluding steroid dienone is 3. The van der Waals surface area contributed by atoms with Crippen LogP contribution in [-0.4, -0.2) is 36.7 Å². The minimum absolute atomic E-state index is 0.137. The van der Waals surface area contributed by atoms with Crippen LogP contribution in [0.4, 0.5) is 4.39 Å². The Hall–Kier alpha value is -4.12. The highest BCUT2D eigenvalue weighted by atomic mass is 19.1. The van der Waals surface area contributed by atoms with Crippen molar-refractivity contribution in [2.24, 2.45) is 11.1 Å². The lowest BCUT2D eigenvalue weighted by Gasteiger charge is -2.22. The number of nitriles is 1. The standard InChI is InChI=1S/C27H27FN2O5/c1-18-24(4-3-5-25(18)28)26(30-33-2)17-35-22-10-6-19(7-11-22)16-34-23-12-8-20(9-13-23)21(15-29)14-27(31)32/h3-13,18,21,25H,14,16-17H2,1-2H3,(H,31,32)/b30-26+. The van der Waals surface area contributed by atoms with Gasteiger partial charge in [0.2, 0.25) is 0 Å². The molecule has 0 aliphatic heterocycles. The lowest BCUT2D eigenvalue weighted by Crippen LogP contribution is -2.25. The monoisotopic (exact) mass is 478 g/mol. The van der Waals surface area contributed by atoms with Crippen molar-refractivity contribution in [3.05, 3.63) is 83.5 Å². The quantitative estimate of drug-likeness (QED) is 0.352. The van der Waals surface area contributed by atoms with E-state index in [0.717, 1.165) is 11.1 Å². The van der Waals surface area contributed by atoms with Gasteiger partial charge in [-0.3, -0.25) is 4.79 Å². The Balaban J connectivity index is 1.54. The van der Waals surface area contributed by atoms with Gasteiger partial charge in [0.05, 0.1) is 18.4 Å². The highest BCUT2D eigenvalue weighted by Gasteiger charge is 2.25. The number of ether oxygens (including phenoxy) is 2. The van der Waals surface area contributed by atoms with Crippen molar-refractivity contribution in [1.29, 1.82) is 5.26 Å². The zero-order chi connectivity index (χ0) is 25.2. The molecule has 0 heterocycles. The van der Waals surface area contributed by atoms with Crippen molar-refractivity contribution >= 4 is 11.7 Å². The van der Waals surface area contributed by atoms with E-state index in [2.05, 4.69) is 5.16 Å². The number of nitrogens with zero attached hydrogens (tertiary/aromatic N) is 2. The molecular weight excluding hydrogens is 451 g/mol. The molecule has 35 heavy (non-hydrogen) atoms. The number of carboxylic acid groups (broad SMARTS) is 1. The second-order valence-corrected chi connectivity index (χ2v) is 8.03. The summed E-state index contributed by atoms with van der Waals surface area (Å²) in [5, 5.41) is 22.1. The van der Waals surface area contributed by atoms with Gasteiger partial charge in [-0.05, 0) is 41.0 Å². The molecule has 3 unspecified atom stereocenters. The molecule has 182 valence electrons. The van der Waals surface area contributed by atoms with E-state index in [0.29, 0.717) is 29.4 Å². The second kappa shape index (κ2) is 12.4. The minimum atomic E-state index is -1.08. The maximum absolute atomic E-state index is 14.0. The zero-order valence-electron chi connectivity index (χ0n) is 19.6. The third kappa shape index (κ3) is 7.18. The number of rotatable bonds is 11. The summed E-state index contributed by atoms with van der Waals surface area (Å²) in [4.78, 5) is 15.8. The van der Waals surface area contributed by atoms with Crippen LogP contribution in [0.15, 0.2) is 77.5 Å². The van der Waals surface area contributed by atoms with E-state index in [9.17, 15) is 9.18 Å². The van der Waals surface area contributed by atoms with E-state index in [-0.39, 0.29) is 18.9 Å². The summed E-state index contributed by atoms with van der Waals surface area (Å²) < 4.78 is 25.7. The zero-order valence-corrected chi connectivity index (χ0v) is 19.6. The van der Waals surface area contributed by atoms with Crippen molar-refractivity contribution < 1.29 is 28.6 Å². The molecule has 0 bridgehead atoms. The fourth-order valence-electron chi connectivity index (χ4n) is 3.60. The molecule has 7 nitrogen and oxygen atoms in total. The van der Waals surface area contributed by atoms with Crippen LogP contribution >= 0.6 is 0 Å². The Kier molecular flexibility index (Phi) is 9.02. The van der Waals surface area contributed by atoms with Crippen molar-refractivity contribution in [3.63, 3.8) is 0 Å². The average Bonchev–Trinajstić information content (AvgIpc) is 2.86. The van der Waals surface area contributed by atoms with E-state index in [1.807, 2.05) is 36.4 Å². The maximum Gasteiger partial charge on any atom is 0.305 e. The summed E-state index contributed by atoms with van der Waals surface area (Å²) in [5.74, 6) is -0.821. The number of hydrogen-bond donors (Lipinski definition) is 1. The highest BCUT2D eigenvalue weighted by molar-refractivity contribution is 6.02. The van der Waals surface area contributed by atoms with Crippen LogP contribution in [0.1, 0.15) is 30.4 Å². The lowest BCUT2D eigenvalue weighted by atomic mass is 9.89. The molecule has 1 aliphatic rings. The van der Waals surface area contributed by atoms with Crippen LogP contribution in [0.25, 0.3) is 0 Å². The summed E-state index contributed by atoms with van der Waals surface area (Å²) in [5.41, 5.74) is 2.82. The van der Waals surface area contributed by atoms with E-state index in [1.165, 1.54) is 13.2 Å². The Labute approximate surface area is 203 Å². The van der Waals surface area contributed by atoms with E-state index >= 15 is 0 Å². The number of carbonyl (C=O) groups is 1. The molecule has 2 aromatic carbocycles. The first-order valence-electron chi connectivity index (χ1n) is 11.1. The molecule has 0 saturated carbocycles. The number of aliphatic carboxylic acids is 1. The largest absolute Gasteiger partial charge is 0.489 e. The average molecular weight is 479 g/mol. The number of oxime groups is 1. The lowest BCUT2D eigenvalue weighted by molar-refractivity contribution is -0.137. The van der Waals surface area contributed by atoms with E-state index in [4.69, 9.17) is 24.7 Å². The van der Waals surface area contributed by atoms with Gasteiger partial charge in [-0.15, -0.1) is 0 Å². The summed E-state index contributed by atoms with van der Waals surface area (Å²) in [7, 11) is 1.44. The molecule has 1 aliphatic carbocycles. The Morgan fingerprint density at radius 3 is 2.43 bits per heavy atom. The van der Waals surface area contributed by atoms with Gasteiger partial charge in [0.25, 0.3) is 0 Å². The van der Waals surface area contributed by atoms with E-state index < -0.39 is 18.1 Å². The van der Waals surface area contributed by atoms with E-state index in [1.54, 1.807) is 37.3 Å². The smallest absolute Gasteiger partial charge is 0.305 e. The van der Waals surface area contributed by atoms with Gasteiger partial charge in [0.15, 0.2) is 0 Å². The third-order valence-corrected chi connectivity index (χ3v) is 5.60. The van der Waals surface area contributed by atoms with Crippen molar-refractivity contribution in [3.8, 4) is 17.6 Å². The summed E-state index contributed by atoms with van der Waals surface area (Å²) in [6, 6.07) is 16.2. The molecule has 0 spiro atoms. The van der Waals surface area contributed by atoms with Crippen LogP contribution < -0.4 is 9.47 Å². The molecular formula is C27H27FN2O5. The third-order valence-electron chi connectivity index (χ3n) is 5.60. The van der Waals surface area contributed by atoms with Crippen LogP contribution in [0, 0.1) is 17.2 Å². The molecule has 2 aromatic rings. The maximum atomic E-state index is 14.0. The van der Waals surface area contributed by atoms with Crippen LogP contribution in [0.2, 0.25) is 0 Å². The highest BCUT2D eigenvalue weighted by Crippen LogP contribution is 2.26. The fourth-order valence-corrected chi connectivity index (χ4v) is 3.60. The van der Waals surface area contributed by atoms with Crippen molar-refractivity contribution in [2.45, 2.75) is 32.0 Å². The predicted octanol–water partition coefficient (Wildman–Crippen LogP) is 5.20. The molecule has 0 fully saturated rings. The first-order chi connectivity index (χ1) is 16.9. The number of benzene rings is 2. The topological polar surface area (TPSA) is 101 Å². The van der Waals surface area contributed by atoms with Gasteiger partial charge in [-0.2, -0.15) is 5.26 Å². The number of halogens is 1. The molecule has 1 N–H and O–H groups in total. The van der Waals surface area contributed by atoms with Crippen LogP contribution in [-0.2, 0) is 16.2 Å². The molecule has 0 saturated heterocycles. The minimum Gasteiger partial charge on any atom is -0.489 e. The molecule has 0 radical (unpaired) electrons. The van der Waals surface area contributed by atoms with Gasteiger partial charge < -0.3 is 19.4 Å². The van der Waals surface area contributed by atoms with Gasteiger partial charge in [0.1, 0.15) is 43.7 Å². The number of carboxylic acids is 1. The Bertz CT molecular complexity index is 1130. The molecule has 3 rings (SSSR count). The Morgan fingerprint density at radius 1 is 1.14 bits per heavy atom.